The number of aliphatic imine (C=N–C) groups is 1. The minimum Gasteiger partial charge on any atom is -0.379 e. The smallest absolute Gasteiger partial charge is 0.243 e. The zero-order valence-electron chi connectivity index (χ0n) is 17.7. The van der Waals surface area contributed by atoms with Crippen LogP contribution in [0.3, 0.4) is 0 Å². The van der Waals surface area contributed by atoms with Crippen molar-refractivity contribution in [1.29, 1.82) is 0 Å². The minimum atomic E-state index is -0.00747. The summed E-state index contributed by atoms with van der Waals surface area (Å²) in [4.78, 5) is 21.7. The molecule has 0 atom stereocenters. The number of amides is 1. The predicted octanol–water partition coefficient (Wildman–Crippen LogP) is 1.37. The van der Waals surface area contributed by atoms with E-state index >= 15 is 0 Å². The second-order valence-electron chi connectivity index (χ2n) is 7.90. The van der Waals surface area contributed by atoms with Crippen LogP contribution in [0.4, 0.5) is 0 Å². The first-order valence-electron chi connectivity index (χ1n) is 9.95. The number of ether oxygens (including phenoxy) is 1. The highest BCUT2D eigenvalue weighted by Gasteiger charge is 2.22. The van der Waals surface area contributed by atoms with Crippen LogP contribution in [0.2, 0.25) is 0 Å². The number of nitrogens with zero attached hydrogens (tertiary/aromatic N) is 3. The van der Waals surface area contributed by atoms with Gasteiger partial charge in [-0.3, -0.25) is 9.69 Å². The maximum absolute atomic E-state index is 11.9. The van der Waals surface area contributed by atoms with Gasteiger partial charge in [-0.15, -0.1) is 11.3 Å². The molecular formula is C20H35N5O2S. The van der Waals surface area contributed by atoms with E-state index in [1.54, 1.807) is 30.3 Å². The average Bonchev–Trinajstić information content (AvgIpc) is 3.23. The molecule has 2 N–H and O–H groups in total. The molecule has 0 bridgehead atoms. The molecule has 1 aliphatic heterocycles. The second kappa shape index (κ2) is 11.4. The lowest BCUT2D eigenvalue weighted by atomic mass is 9.91. The molecule has 1 saturated heterocycles. The number of morpholine rings is 1. The molecule has 0 unspecified atom stereocenters. The van der Waals surface area contributed by atoms with Crippen molar-refractivity contribution in [3.63, 3.8) is 0 Å². The van der Waals surface area contributed by atoms with Gasteiger partial charge in [0.2, 0.25) is 5.91 Å². The Morgan fingerprint density at radius 3 is 2.71 bits per heavy atom. The number of hydrogen-bond acceptors (Lipinski definition) is 5. The summed E-state index contributed by atoms with van der Waals surface area (Å²) in [5.41, 5.74) is -0.00399. The van der Waals surface area contributed by atoms with Crippen LogP contribution in [0.5, 0.6) is 0 Å². The number of hydrogen-bond donors (Lipinski definition) is 2. The normalized spacial score (nSPS) is 16.1. The topological polar surface area (TPSA) is 69.2 Å². The van der Waals surface area contributed by atoms with Gasteiger partial charge in [0, 0.05) is 50.6 Å². The maximum Gasteiger partial charge on any atom is 0.243 e. The number of nitrogens with one attached hydrogen (secondary N) is 2. The molecule has 158 valence electrons. The lowest BCUT2D eigenvalue weighted by Gasteiger charge is -2.27. The van der Waals surface area contributed by atoms with Crippen molar-refractivity contribution >= 4 is 23.2 Å². The third-order valence-corrected chi connectivity index (χ3v) is 6.04. The van der Waals surface area contributed by atoms with Crippen LogP contribution >= 0.6 is 11.3 Å². The van der Waals surface area contributed by atoms with Crippen LogP contribution in [0.25, 0.3) is 0 Å². The Labute approximate surface area is 173 Å². The summed E-state index contributed by atoms with van der Waals surface area (Å²) >= 11 is 1.76. The van der Waals surface area contributed by atoms with E-state index in [1.807, 2.05) is 0 Å². The quantitative estimate of drug-likeness (QED) is 0.366. The molecule has 0 radical (unpaired) electrons. The first kappa shape index (κ1) is 22.6. The SMILES string of the molecule is CN(C)C(=O)CN=C(NCCCN1CCOCC1)NCC(C)(C)c1cccs1. The lowest BCUT2D eigenvalue weighted by molar-refractivity contribution is -0.127. The Morgan fingerprint density at radius 2 is 2.07 bits per heavy atom. The predicted molar refractivity (Wildman–Crippen MR) is 116 cm³/mol. The van der Waals surface area contributed by atoms with Gasteiger partial charge in [0.25, 0.3) is 0 Å². The number of rotatable bonds is 9. The van der Waals surface area contributed by atoms with Gasteiger partial charge in [0.15, 0.2) is 5.96 Å². The molecule has 2 rings (SSSR count). The van der Waals surface area contributed by atoms with Gasteiger partial charge in [-0.25, -0.2) is 4.99 Å². The molecule has 0 aromatic carbocycles. The molecule has 7 nitrogen and oxygen atoms in total. The summed E-state index contributed by atoms with van der Waals surface area (Å²) in [7, 11) is 3.50. The zero-order chi connectivity index (χ0) is 20.4. The Balaban J connectivity index is 1.85. The van der Waals surface area contributed by atoms with Gasteiger partial charge in [0.05, 0.1) is 13.2 Å². The first-order valence-corrected chi connectivity index (χ1v) is 10.8. The molecule has 2 heterocycles. The molecule has 1 aromatic heterocycles. The van der Waals surface area contributed by atoms with E-state index in [0.717, 1.165) is 52.4 Å². The first-order chi connectivity index (χ1) is 13.4. The maximum atomic E-state index is 11.9. The van der Waals surface area contributed by atoms with Crippen molar-refractivity contribution < 1.29 is 9.53 Å². The monoisotopic (exact) mass is 409 g/mol. The third kappa shape index (κ3) is 7.77. The van der Waals surface area contributed by atoms with Gasteiger partial charge in [-0.2, -0.15) is 0 Å². The Kier molecular flexibility index (Phi) is 9.21. The van der Waals surface area contributed by atoms with E-state index < -0.39 is 0 Å². The summed E-state index contributed by atoms with van der Waals surface area (Å²) < 4.78 is 5.39. The molecule has 1 aromatic rings. The van der Waals surface area contributed by atoms with Crippen LogP contribution in [-0.4, -0.2) is 88.2 Å². The number of thiophene rings is 1. The standard InChI is InChI=1S/C20H35N5O2S/c1-20(2,17-7-5-14-28-17)16-23-19(22-15-18(26)24(3)4)21-8-6-9-25-10-12-27-13-11-25/h5,7,14H,6,8-13,15-16H2,1-4H3,(H2,21,22,23). The van der Waals surface area contributed by atoms with E-state index in [0.29, 0.717) is 5.96 Å². The number of likely N-dealkylation sites (N-methyl/N-ethyl adjacent to an activating group) is 1. The van der Waals surface area contributed by atoms with Crippen molar-refractivity contribution in [2.24, 2.45) is 4.99 Å². The summed E-state index contributed by atoms with van der Waals surface area (Å²) in [5, 5.41) is 8.91. The molecule has 0 spiro atoms. The fraction of sp³-hybridized carbons (Fsp3) is 0.700. The van der Waals surface area contributed by atoms with E-state index in [-0.39, 0.29) is 17.9 Å². The summed E-state index contributed by atoms with van der Waals surface area (Å²) in [6, 6.07) is 4.24. The van der Waals surface area contributed by atoms with Gasteiger partial charge >= 0.3 is 0 Å². The van der Waals surface area contributed by atoms with Gasteiger partial charge in [-0.05, 0) is 24.4 Å². The Hall–Kier alpha value is -1.64. The van der Waals surface area contributed by atoms with Crippen molar-refractivity contribution in [3.05, 3.63) is 22.4 Å². The number of carbonyl (C=O) groups is 1. The van der Waals surface area contributed by atoms with Crippen LogP contribution < -0.4 is 10.6 Å². The minimum absolute atomic E-state index is 0.00399. The van der Waals surface area contributed by atoms with Crippen LogP contribution in [0, 0.1) is 0 Å². The fourth-order valence-electron chi connectivity index (χ4n) is 2.85. The number of guanidine groups is 1. The van der Waals surface area contributed by atoms with E-state index in [4.69, 9.17) is 4.74 Å². The molecule has 1 amide bonds. The second-order valence-corrected chi connectivity index (χ2v) is 8.85. The highest BCUT2D eigenvalue weighted by atomic mass is 32.1. The molecule has 1 fully saturated rings. The van der Waals surface area contributed by atoms with Gasteiger partial charge in [-0.1, -0.05) is 19.9 Å². The fourth-order valence-corrected chi connectivity index (χ4v) is 3.70. The third-order valence-electron chi connectivity index (χ3n) is 4.80. The van der Waals surface area contributed by atoms with E-state index in [1.165, 1.54) is 4.88 Å². The van der Waals surface area contributed by atoms with Crippen molar-refractivity contribution in [2.75, 3.05) is 66.6 Å². The van der Waals surface area contributed by atoms with Crippen LogP contribution in [-0.2, 0) is 14.9 Å². The van der Waals surface area contributed by atoms with Crippen molar-refractivity contribution in [1.82, 2.24) is 20.4 Å². The van der Waals surface area contributed by atoms with Crippen molar-refractivity contribution in [3.8, 4) is 0 Å². The molecule has 0 aliphatic carbocycles. The largest absolute Gasteiger partial charge is 0.379 e. The average molecular weight is 410 g/mol. The molecule has 8 heteroatoms. The number of carbonyl (C=O) groups excluding carboxylic acids is 1. The van der Waals surface area contributed by atoms with E-state index in [9.17, 15) is 4.79 Å². The van der Waals surface area contributed by atoms with Crippen LogP contribution in [0.15, 0.2) is 22.5 Å². The highest BCUT2D eigenvalue weighted by molar-refractivity contribution is 7.10. The van der Waals surface area contributed by atoms with Gasteiger partial charge in [0.1, 0.15) is 6.54 Å². The Morgan fingerprint density at radius 1 is 1.32 bits per heavy atom. The molecular weight excluding hydrogens is 374 g/mol. The lowest BCUT2D eigenvalue weighted by Crippen LogP contribution is -2.45. The summed E-state index contributed by atoms with van der Waals surface area (Å²) in [5.74, 6) is 0.689. The summed E-state index contributed by atoms with van der Waals surface area (Å²) in [6.07, 6.45) is 1.02. The molecule has 28 heavy (non-hydrogen) atoms. The molecule has 0 saturated carbocycles. The van der Waals surface area contributed by atoms with Crippen LogP contribution in [0.1, 0.15) is 25.1 Å². The van der Waals surface area contributed by atoms with Crippen molar-refractivity contribution in [2.45, 2.75) is 25.7 Å². The summed E-state index contributed by atoms with van der Waals surface area (Å²) in [6.45, 7) is 10.8. The molecule has 1 aliphatic rings. The highest BCUT2D eigenvalue weighted by Crippen LogP contribution is 2.26. The zero-order valence-corrected chi connectivity index (χ0v) is 18.5. The van der Waals surface area contributed by atoms with Gasteiger partial charge < -0.3 is 20.3 Å². The Bertz CT molecular complexity index is 610. The van der Waals surface area contributed by atoms with E-state index in [2.05, 4.69) is 51.9 Å².